The van der Waals surface area contributed by atoms with E-state index < -0.39 is 5.97 Å². The summed E-state index contributed by atoms with van der Waals surface area (Å²) in [7, 11) is 0. The molecule has 4 nitrogen and oxygen atoms in total. The highest BCUT2D eigenvalue weighted by Crippen LogP contribution is 2.17. The van der Waals surface area contributed by atoms with Gasteiger partial charge in [0.25, 0.3) is 0 Å². The first kappa shape index (κ1) is 13.2. The lowest BCUT2D eigenvalue weighted by Gasteiger charge is -2.05. The summed E-state index contributed by atoms with van der Waals surface area (Å²) in [6, 6.07) is 9.88. The molecule has 0 amide bonds. The lowest BCUT2D eigenvalue weighted by Crippen LogP contribution is -1.99. The van der Waals surface area contributed by atoms with Crippen LogP contribution in [0.3, 0.4) is 0 Å². The number of aryl methyl sites for hydroxylation is 2. The highest BCUT2D eigenvalue weighted by Gasteiger charge is 2.13. The molecule has 19 heavy (non-hydrogen) atoms. The van der Waals surface area contributed by atoms with Crippen molar-refractivity contribution < 1.29 is 14.3 Å². The van der Waals surface area contributed by atoms with Crippen LogP contribution in [-0.2, 0) is 13.0 Å². The van der Waals surface area contributed by atoms with E-state index in [0.29, 0.717) is 17.9 Å². The normalized spacial score (nSPS) is 10.4. The van der Waals surface area contributed by atoms with E-state index in [0.717, 1.165) is 12.1 Å². The Morgan fingerprint density at radius 3 is 2.79 bits per heavy atom. The lowest BCUT2D eigenvalue weighted by atomic mass is 10.1. The second-order valence-corrected chi connectivity index (χ2v) is 4.44. The molecule has 2 rings (SSSR count). The third kappa shape index (κ3) is 3.16. The Hall–Kier alpha value is -2.23. The van der Waals surface area contributed by atoms with E-state index in [1.807, 2.05) is 12.1 Å². The third-order valence-electron chi connectivity index (χ3n) is 2.97. The minimum atomic E-state index is -1.03. The number of benzene rings is 1. The van der Waals surface area contributed by atoms with Crippen molar-refractivity contribution in [1.29, 1.82) is 0 Å². The molecule has 2 N–H and O–H groups in total. The Morgan fingerprint density at radius 1 is 1.37 bits per heavy atom. The van der Waals surface area contributed by atoms with Crippen molar-refractivity contribution >= 4 is 11.7 Å². The van der Waals surface area contributed by atoms with Crippen molar-refractivity contribution in [1.82, 2.24) is 0 Å². The van der Waals surface area contributed by atoms with Crippen LogP contribution in [0.5, 0.6) is 0 Å². The van der Waals surface area contributed by atoms with E-state index in [9.17, 15) is 4.79 Å². The molecule has 100 valence electrons. The van der Waals surface area contributed by atoms with Gasteiger partial charge in [-0.05, 0) is 37.1 Å². The maximum atomic E-state index is 10.9. The van der Waals surface area contributed by atoms with Crippen molar-refractivity contribution in [3.05, 3.63) is 53.0 Å². The SMILES string of the molecule is CCc1cccc(NCc2cc(C)c(C(=O)O)o2)c1. The molecule has 0 aliphatic heterocycles. The minimum absolute atomic E-state index is 0.0131. The highest BCUT2D eigenvalue weighted by atomic mass is 16.4. The highest BCUT2D eigenvalue weighted by molar-refractivity contribution is 5.86. The van der Waals surface area contributed by atoms with Gasteiger partial charge >= 0.3 is 5.97 Å². The van der Waals surface area contributed by atoms with Crippen LogP contribution < -0.4 is 5.32 Å². The molecule has 0 atom stereocenters. The molecule has 2 aromatic rings. The van der Waals surface area contributed by atoms with Gasteiger partial charge in [-0.15, -0.1) is 0 Å². The molecule has 0 saturated carbocycles. The molecule has 0 fully saturated rings. The van der Waals surface area contributed by atoms with E-state index in [4.69, 9.17) is 9.52 Å². The first-order valence-electron chi connectivity index (χ1n) is 6.25. The van der Waals surface area contributed by atoms with Gasteiger partial charge in [0.05, 0.1) is 6.54 Å². The number of aromatic carboxylic acids is 1. The van der Waals surface area contributed by atoms with Crippen LogP contribution in [0.25, 0.3) is 0 Å². The van der Waals surface area contributed by atoms with Crippen LogP contribution in [-0.4, -0.2) is 11.1 Å². The number of furan rings is 1. The van der Waals surface area contributed by atoms with E-state index in [2.05, 4.69) is 24.4 Å². The standard InChI is InChI=1S/C15H17NO3/c1-3-11-5-4-6-12(8-11)16-9-13-7-10(2)14(19-13)15(17)18/h4-8,16H,3,9H2,1-2H3,(H,17,18). The Morgan fingerprint density at radius 2 is 2.16 bits per heavy atom. The van der Waals surface area contributed by atoms with Crippen LogP contribution in [0.1, 0.15) is 34.4 Å². The molecule has 0 aliphatic carbocycles. The summed E-state index contributed by atoms with van der Waals surface area (Å²) in [6.45, 7) is 4.31. The van der Waals surface area contributed by atoms with Crippen molar-refractivity contribution in [2.45, 2.75) is 26.8 Å². The van der Waals surface area contributed by atoms with Gasteiger partial charge in [-0.25, -0.2) is 4.79 Å². The largest absolute Gasteiger partial charge is 0.475 e. The second-order valence-electron chi connectivity index (χ2n) is 4.44. The lowest BCUT2D eigenvalue weighted by molar-refractivity contribution is 0.0659. The van der Waals surface area contributed by atoms with Crippen LogP contribution in [0, 0.1) is 6.92 Å². The molecule has 0 radical (unpaired) electrons. The number of rotatable bonds is 5. The molecular formula is C15H17NO3. The molecule has 1 heterocycles. The fraction of sp³-hybridized carbons (Fsp3) is 0.267. The monoisotopic (exact) mass is 259 g/mol. The second kappa shape index (κ2) is 5.61. The molecule has 0 saturated heterocycles. The Labute approximate surface area is 112 Å². The summed E-state index contributed by atoms with van der Waals surface area (Å²) < 4.78 is 5.29. The van der Waals surface area contributed by atoms with Crippen LogP contribution in [0.4, 0.5) is 5.69 Å². The Bertz CT molecular complexity index is 587. The minimum Gasteiger partial charge on any atom is -0.475 e. The van der Waals surface area contributed by atoms with E-state index >= 15 is 0 Å². The number of hydrogen-bond acceptors (Lipinski definition) is 3. The predicted molar refractivity (Wildman–Crippen MR) is 73.6 cm³/mol. The van der Waals surface area contributed by atoms with Gasteiger partial charge in [-0.3, -0.25) is 0 Å². The quantitative estimate of drug-likeness (QED) is 0.863. The van der Waals surface area contributed by atoms with Crippen molar-refractivity contribution in [2.24, 2.45) is 0 Å². The number of carboxylic acid groups (broad SMARTS) is 1. The molecule has 1 aromatic carbocycles. The average molecular weight is 259 g/mol. The molecule has 0 spiro atoms. The number of hydrogen-bond donors (Lipinski definition) is 2. The Kier molecular flexibility index (Phi) is 3.90. The summed E-state index contributed by atoms with van der Waals surface area (Å²) in [5, 5.41) is 12.1. The molecule has 0 unspecified atom stereocenters. The average Bonchev–Trinajstić information content (AvgIpc) is 2.78. The molecule has 4 heteroatoms. The first-order chi connectivity index (χ1) is 9.10. The number of carbonyl (C=O) groups is 1. The number of nitrogens with one attached hydrogen (secondary N) is 1. The summed E-state index contributed by atoms with van der Waals surface area (Å²) in [5.74, 6) is -0.396. The number of carboxylic acids is 1. The fourth-order valence-corrected chi connectivity index (χ4v) is 1.94. The van der Waals surface area contributed by atoms with E-state index in [-0.39, 0.29) is 5.76 Å². The van der Waals surface area contributed by atoms with Gasteiger partial charge in [-0.2, -0.15) is 0 Å². The van der Waals surface area contributed by atoms with Crippen LogP contribution >= 0.6 is 0 Å². The predicted octanol–water partition coefficient (Wildman–Crippen LogP) is 3.46. The molecule has 0 bridgehead atoms. The smallest absolute Gasteiger partial charge is 0.372 e. The summed E-state index contributed by atoms with van der Waals surface area (Å²) >= 11 is 0. The van der Waals surface area contributed by atoms with Gasteiger partial charge in [-0.1, -0.05) is 19.1 Å². The summed E-state index contributed by atoms with van der Waals surface area (Å²) in [6.07, 6.45) is 0.985. The maximum Gasteiger partial charge on any atom is 0.372 e. The summed E-state index contributed by atoms with van der Waals surface area (Å²) in [5.41, 5.74) is 2.91. The zero-order chi connectivity index (χ0) is 13.8. The van der Waals surface area contributed by atoms with Gasteiger partial charge in [0, 0.05) is 11.3 Å². The van der Waals surface area contributed by atoms with Crippen molar-refractivity contribution in [3.63, 3.8) is 0 Å². The summed E-state index contributed by atoms with van der Waals surface area (Å²) in [4.78, 5) is 10.9. The fourth-order valence-electron chi connectivity index (χ4n) is 1.94. The van der Waals surface area contributed by atoms with Gasteiger partial charge in [0.2, 0.25) is 5.76 Å². The van der Waals surface area contributed by atoms with Gasteiger partial charge < -0.3 is 14.8 Å². The number of anilines is 1. The zero-order valence-electron chi connectivity index (χ0n) is 11.1. The van der Waals surface area contributed by atoms with Gasteiger partial charge in [0.1, 0.15) is 5.76 Å². The van der Waals surface area contributed by atoms with E-state index in [1.165, 1.54) is 5.56 Å². The van der Waals surface area contributed by atoms with Crippen LogP contribution in [0.15, 0.2) is 34.7 Å². The van der Waals surface area contributed by atoms with Gasteiger partial charge in [0.15, 0.2) is 0 Å². The molecular weight excluding hydrogens is 242 g/mol. The van der Waals surface area contributed by atoms with E-state index in [1.54, 1.807) is 13.0 Å². The molecule has 0 aliphatic rings. The first-order valence-corrected chi connectivity index (χ1v) is 6.25. The van der Waals surface area contributed by atoms with Crippen molar-refractivity contribution in [2.75, 3.05) is 5.32 Å². The van der Waals surface area contributed by atoms with Crippen molar-refractivity contribution in [3.8, 4) is 0 Å². The topological polar surface area (TPSA) is 62.5 Å². The molecule has 1 aromatic heterocycles. The van der Waals surface area contributed by atoms with Crippen LogP contribution in [0.2, 0.25) is 0 Å². The zero-order valence-corrected chi connectivity index (χ0v) is 11.1. The Balaban J connectivity index is 2.06. The third-order valence-corrected chi connectivity index (χ3v) is 2.97. The maximum absolute atomic E-state index is 10.9.